The van der Waals surface area contributed by atoms with Crippen molar-refractivity contribution in [3.05, 3.63) is 12.2 Å². The van der Waals surface area contributed by atoms with Crippen LogP contribution in [0, 0.1) is 5.92 Å². The van der Waals surface area contributed by atoms with Crippen LogP contribution >= 0.6 is 0 Å². The van der Waals surface area contributed by atoms with Crippen LogP contribution in [0.25, 0.3) is 0 Å². The van der Waals surface area contributed by atoms with E-state index in [1.54, 1.807) is 4.68 Å². The Kier molecular flexibility index (Phi) is 4.15. The Morgan fingerprint density at radius 3 is 3.11 bits per heavy atom. The monoisotopic (exact) mass is 287 g/mol. The van der Waals surface area contributed by atoms with E-state index < -0.39 is 10.0 Å². The van der Waals surface area contributed by atoms with Crippen LogP contribution < -0.4 is 10.0 Å². The van der Waals surface area contributed by atoms with Gasteiger partial charge in [0.2, 0.25) is 15.9 Å². The van der Waals surface area contributed by atoms with E-state index in [0.29, 0.717) is 19.4 Å². The van der Waals surface area contributed by atoms with Gasteiger partial charge in [-0.3, -0.25) is 4.79 Å². The Morgan fingerprint density at radius 1 is 1.58 bits per heavy atom. The quantitative estimate of drug-likeness (QED) is 0.686. The van der Waals surface area contributed by atoms with Gasteiger partial charge in [-0.15, -0.1) is 0 Å². The zero-order chi connectivity index (χ0) is 13.9. The third-order valence-electron chi connectivity index (χ3n) is 3.16. The summed E-state index contributed by atoms with van der Waals surface area (Å²) >= 11 is 0. The average Bonchev–Trinajstić information content (AvgIpc) is 2.85. The second kappa shape index (κ2) is 5.66. The van der Waals surface area contributed by atoms with Gasteiger partial charge in [-0.05, 0) is 13.5 Å². The highest BCUT2D eigenvalue weighted by atomic mass is 32.2. The molecule has 1 amide bonds. The largest absolute Gasteiger partial charge is 0.355 e. The number of carbonyl (C=O) groups excluding carboxylic acids is 1. The van der Waals surface area contributed by atoms with Crippen LogP contribution in [0.5, 0.6) is 0 Å². The first-order valence-corrected chi connectivity index (χ1v) is 7.72. The Labute approximate surface area is 111 Å². The first-order chi connectivity index (χ1) is 9.02. The average molecular weight is 287 g/mol. The highest BCUT2D eigenvalue weighted by Gasteiger charge is 2.25. The molecule has 2 heterocycles. The lowest BCUT2D eigenvalue weighted by molar-refractivity contribution is -0.125. The molecule has 1 aromatic heterocycles. The lowest BCUT2D eigenvalue weighted by atomic mass is 9.99. The molecule has 1 atom stereocenters. The molecule has 19 heavy (non-hydrogen) atoms. The minimum absolute atomic E-state index is 0.114. The molecule has 0 saturated heterocycles. The van der Waals surface area contributed by atoms with Crippen molar-refractivity contribution in [2.24, 2.45) is 5.92 Å². The maximum atomic E-state index is 11.9. The maximum absolute atomic E-state index is 11.9. The van der Waals surface area contributed by atoms with Crippen LogP contribution in [0.15, 0.2) is 6.33 Å². The molecule has 0 spiro atoms. The normalized spacial score (nSPS) is 18.9. The van der Waals surface area contributed by atoms with Crippen molar-refractivity contribution < 1.29 is 13.2 Å². The number of rotatable bonds is 5. The number of aryl methyl sites for hydroxylation is 1. The maximum Gasteiger partial charge on any atom is 0.225 e. The van der Waals surface area contributed by atoms with E-state index in [0.717, 1.165) is 5.82 Å². The van der Waals surface area contributed by atoms with E-state index in [2.05, 4.69) is 20.1 Å². The lowest BCUT2D eigenvalue weighted by Gasteiger charge is -2.21. The summed E-state index contributed by atoms with van der Waals surface area (Å²) in [5.41, 5.74) is 0. The van der Waals surface area contributed by atoms with E-state index in [4.69, 9.17) is 0 Å². The number of aromatic nitrogens is 3. The van der Waals surface area contributed by atoms with Gasteiger partial charge in [0.05, 0.1) is 18.2 Å². The number of fused-ring (bicyclic) bond motifs is 1. The zero-order valence-electron chi connectivity index (χ0n) is 10.7. The highest BCUT2D eigenvalue weighted by Crippen LogP contribution is 2.17. The third kappa shape index (κ3) is 3.51. The molecular weight excluding hydrogens is 270 g/mol. The first-order valence-electron chi connectivity index (χ1n) is 6.07. The molecule has 0 fully saturated rings. The van der Waals surface area contributed by atoms with Crippen LogP contribution in [-0.4, -0.2) is 48.4 Å². The van der Waals surface area contributed by atoms with E-state index in [-0.39, 0.29) is 24.1 Å². The summed E-state index contributed by atoms with van der Waals surface area (Å²) in [5, 5.41) is 6.69. The fraction of sp³-hybridized carbons (Fsp3) is 0.700. The molecule has 9 heteroatoms. The molecule has 0 bridgehead atoms. The Balaban J connectivity index is 1.82. The van der Waals surface area contributed by atoms with Gasteiger partial charge in [-0.2, -0.15) is 5.10 Å². The van der Waals surface area contributed by atoms with Crippen LogP contribution in [0.1, 0.15) is 12.2 Å². The van der Waals surface area contributed by atoms with Crippen LogP contribution in [0.4, 0.5) is 0 Å². The number of hydrogen-bond donors (Lipinski definition) is 2. The van der Waals surface area contributed by atoms with Gasteiger partial charge in [0, 0.05) is 13.0 Å². The van der Waals surface area contributed by atoms with E-state index in [9.17, 15) is 13.2 Å². The van der Waals surface area contributed by atoms with Crippen molar-refractivity contribution in [1.82, 2.24) is 24.8 Å². The van der Waals surface area contributed by atoms with Crippen LogP contribution in [0.3, 0.4) is 0 Å². The number of carbonyl (C=O) groups is 1. The summed E-state index contributed by atoms with van der Waals surface area (Å²) in [5.74, 6) is 0.469. The number of sulfonamides is 1. The molecule has 2 rings (SSSR count). The van der Waals surface area contributed by atoms with E-state index in [1.807, 2.05) is 0 Å². The van der Waals surface area contributed by atoms with Crippen molar-refractivity contribution in [2.75, 3.05) is 19.3 Å². The molecule has 0 radical (unpaired) electrons. The molecule has 1 unspecified atom stereocenters. The fourth-order valence-electron chi connectivity index (χ4n) is 2.01. The lowest BCUT2D eigenvalue weighted by Crippen LogP contribution is -2.39. The van der Waals surface area contributed by atoms with Gasteiger partial charge in [0.1, 0.15) is 12.2 Å². The number of hydrogen-bond acceptors (Lipinski definition) is 5. The van der Waals surface area contributed by atoms with Gasteiger partial charge >= 0.3 is 0 Å². The molecule has 2 N–H and O–H groups in total. The predicted octanol–water partition coefficient (Wildman–Crippen LogP) is -1.49. The summed E-state index contributed by atoms with van der Waals surface area (Å²) in [7, 11) is -1.93. The molecule has 106 valence electrons. The molecule has 1 aliphatic heterocycles. The summed E-state index contributed by atoms with van der Waals surface area (Å²) in [6.45, 7) is 0.614. The van der Waals surface area contributed by atoms with E-state index >= 15 is 0 Å². The van der Waals surface area contributed by atoms with E-state index in [1.165, 1.54) is 13.4 Å². The topological polar surface area (TPSA) is 106 Å². The van der Waals surface area contributed by atoms with Crippen molar-refractivity contribution in [3.63, 3.8) is 0 Å². The highest BCUT2D eigenvalue weighted by molar-refractivity contribution is 7.89. The minimum atomic E-state index is -3.28. The Bertz CT molecular complexity index is 553. The number of amides is 1. The molecular formula is C10H17N5O3S. The third-order valence-corrected chi connectivity index (χ3v) is 4.52. The molecule has 0 aromatic carbocycles. The van der Waals surface area contributed by atoms with Gasteiger partial charge in [0.25, 0.3) is 0 Å². The molecule has 0 saturated carbocycles. The van der Waals surface area contributed by atoms with Gasteiger partial charge in [-0.1, -0.05) is 0 Å². The Morgan fingerprint density at radius 2 is 2.37 bits per heavy atom. The van der Waals surface area contributed by atoms with Gasteiger partial charge in [-0.25, -0.2) is 22.8 Å². The second-order valence-electron chi connectivity index (χ2n) is 4.41. The zero-order valence-corrected chi connectivity index (χ0v) is 11.5. The van der Waals surface area contributed by atoms with Gasteiger partial charge < -0.3 is 5.32 Å². The predicted molar refractivity (Wildman–Crippen MR) is 67.7 cm³/mol. The first kappa shape index (κ1) is 13.9. The standard InChI is InChI=1S/C10H17N5O3S/c1-11-19(17,18)5-4-12-10(16)8-2-3-9-13-7-14-15(9)6-8/h7-8,11H,2-6H2,1H3,(H,12,16). The molecule has 1 aromatic rings. The summed E-state index contributed by atoms with van der Waals surface area (Å²) in [4.78, 5) is 16.0. The number of nitrogens with one attached hydrogen (secondary N) is 2. The summed E-state index contributed by atoms with van der Waals surface area (Å²) in [6, 6.07) is 0. The smallest absolute Gasteiger partial charge is 0.225 e. The molecule has 1 aliphatic rings. The minimum Gasteiger partial charge on any atom is -0.355 e. The van der Waals surface area contributed by atoms with Crippen molar-refractivity contribution in [1.29, 1.82) is 0 Å². The van der Waals surface area contributed by atoms with Crippen LogP contribution in [-0.2, 0) is 27.8 Å². The van der Waals surface area contributed by atoms with Crippen molar-refractivity contribution in [3.8, 4) is 0 Å². The summed E-state index contributed by atoms with van der Waals surface area (Å²) in [6.07, 6.45) is 2.91. The number of nitrogens with zero attached hydrogens (tertiary/aromatic N) is 3. The second-order valence-corrected chi connectivity index (χ2v) is 6.45. The SMILES string of the molecule is CNS(=O)(=O)CCNC(=O)C1CCc2ncnn2C1. The van der Waals surface area contributed by atoms with Crippen molar-refractivity contribution in [2.45, 2.75) is 19.4 Å². The Hall–Kier alpha value is -1.48. The molecule has 8 nitrogen and oxygen atoms in total. The van der Waals surface area contributed by atoms with Crippen molar-refractivity contribution >= 4 is 15.9 Å². The summed E-state index contributed by atoms with van der Waals surface area (Å²) < 4.78 is 26.3. The molecule has 0 aliphatic carbocycles. The van der Waals surface area contributed by atoms with Gasteiger partial charge in [0.15, 0.2) is 0 Å². The van der Waals surface area contributed by atoms with Crippen LogP contribution in [0.2, 0.25) is 0 Å². The fourth-order valence-corrected chi connectivity index (χ4v) is 2.58.